The van der Waals surface area contributed by atoms with Gasteiger partial charge in [0.1, 0.15) is 9.84 Å². The number of carbonyl (C=O) groups excluding carboxylic acids is 1. The van der Waals surface area contributed by atoms with E-state index in [-0.39, 0.29) is 17.6 Å². The Hall–Kier alpha value is -2.29. The third-order valence-electron chi connectivity index (χ3n) is 4.58. The summed E-state index contributed by atoms with van der Waals surface area (Å²) < 4.78 is 28.2. The first kappa shape index (κ1) is 19.5. The first-order valence-electron chi connectivity index (χ1n) is 9.09. The molecule has 1 unspecified atom stereocenters. The maximum Gasteiger partial charge on any atom is 0.226 e. The van der Waals surface area contributed by atoms with Crippen LogP contribution < -0.4 is 0 Å². The fourth-order valence-electron chi connectivity index (χ4n) is 3.37. The maximum absolute atomic E-state index is 12.4. The second-order valence-electron chi connectivity index (χ2n) is 7.05. The highest BCUT2D eigenvalue weighted by Gasteiger charge is 2.25. The average Bonchev–Trinajstić information content (AvgIpc) is 3.10. The zero-order chi connectivity index (χ0) is 19.3. The predicted molar refractivity (Wildman–Crippen MR) is 99.5 cm³/mol. The SMILES string of the molecule is CS(=O)(=O)CC1CCCN(C(=O)CCCc2nc(-c3cccnc3)no2)C1. The van der Waals surface area contributed by atoms with Gasteiger partial charge in [0.05, 0.1) is 5.75 Å². The molecule has 146 valence electrons. The van der Waals surface area contributed by atoms with Crippen LogP contribution in [0.2, 0.25) is 0 Å². The van der Waals surface area contributed by atoms with Crippen molar-refractivity contribution < 1.29 is 17.7 Å². The van der Waals surface area contributed by atoms with E-state index in [4.69, 9.17) is 4.52 Å². The third kappa shape index (κ3) is 5.85. The largest absolute Gasteiger partial charge is 0.342 e. The molecule has 0 radical (unpaired) electrons. The van der Waals surface area contributed by atoms with E-state index in [1.54, 1.807) is 23.4 Å². The van der Waals surface area contributed by atoms with Gasteiger partial charge in [-0.25, -0.2) is 8.42 Å². The second-order valence-corrected chi connectivity index (χ2v) is 9.23. The fraction of sp³-hybridized carbons (Fsp3) is 0.556. The van der Waals surface area contributed by atoms with Crippen molar-refractivity contribution in [3.63, 3.8) is 0 Å². The lowest BCUT2D eigenvalue weighted by atomic mass is 9.99. The molecule has 1 saturated heterocycles. The van der Waals surface area contributed by atoms with Crippen LogP contribution >= 0.6 is 0 Å². The van der Waals surface area contributed by atoms with Crippen LogP contribution in [0, 0.1) is 5.92 Å². The summed E-state index contributed by atoms with van der Waals surface area (Å²) >= 11 is 0. The smallest absolute Gasteiger partial charge is 0.226 e. The molecule has 8 nitrogen and oxygen atoms in total. The number of likely N-dealkylation sites (tertiary alicyclic amines) is 1. The Kier molecular flexibility index (Phi) is 6.20. The van der Waals surface area contributed by atoms with E-state index in [0.717, 1.165) is 18.4 Å². The van der Waals surface area contributed by atoms with Crippen molar-refractivity contribution in [2.24, 2.45) is 5.92 Å². The first-order valence-corrected chi connectivity index (χ1v) is 11.2. The minimum absolute atomic E-state index is 0.0377. The number of pyridine rings is 1. The molecule has 2 aromatic rings. The van der Waals surface area contributed by atoms with E-state index in [1.807, 2.05) is 6.07 Å². The van der Waals surface area contributed by atoms with Gasteiger partial charge in [-0.05, 0) is 37.3 Å². The number of aryl methyl sites for hydroxylation is 1. The molecule has 1 aliphatic rings. The van der Waals surface area contributed by atoms with Crippen molar-refractivity contribution in [1.82, 2.24) is 20.0 Å². The minimum atomic E-state index is -3.02. The summed E-state index contributed by atoms with van der Waals surface area (Å²) in [5, 5.41) is 3.94. The summed E-state index contributed by atoms with van der Waals surface area (Å²) in [5.74, 6) is 1.23. The molecule has 0 spiro atoms. The normalized spacial score (nSPS) is 17.8. The van der Waals surface area contributed by atoms with E-state index >= 15 is 0 Å². The van der Waals surface area contributed by atoms with E-state index in [2.05, 4.69) is 15.1 Å². The van der Waals surface area contributed by atoms with E-state index in [1.165, 1.54) is 6.26 Å². The summed E-state index contributed by atoms with van der Waals surface area (Å²) in [6.07, 6.45) is 7.83. The van der Waals surface area contributed by atoms with Crippen LogP contribution in [-0.4, -0.2) is 59.4 Å². The maximum atomic E-state index is 12.4. The first-order chi connectivity index (χ1) is 12.9. The van der Waals surface area contributed by atoms with Crippen LogP contribution in [0.3, 0.4) is 0 Å². The van der Waals surface area contributed by atoms with Gasteiger partial charge in [0.2, 0.25) is 17.6 Å². The number of rotatable bonds is 7. The molecule has 1 fully saturated rings. The van der Waals surface area contributed by atoms with Gasteiger partial charge in [-0.3, -0.25) is 9.78 Å². The van der Waals surface area contributed by atoms with Crippen LogP contribution in [0.25, 0.3) is 11.4 Å². The van der Waals surface area contributed by atoms with Gasteiger partial charge in [0.25, 0.3) is 0 Å². The molecule has 1 aliphatic heterocycles. The Balaban J connectivity index is 1.46. The average molecular weight is 392 g/mol. The molecule has 0 aliphatic carbocycles. The van der Waals surface area contributed by atoms with Crippen molar-refractivity contribution in [2.45, 2.75) is 32.1 Å². The van der Waals surface area contributed by atoms with Crippen molar-refractivity contribution in [3.8, 4) is 11.4 Å². The molecule has 0 bridgehead atoms. The molecular weight excluding hydrogens is 368 g/mol. The van der Waals surface area contributed by atoms with Gasteiger partial charge >= 0.3 is 0 Å². The van der Waals surface area contributed by atoms with Crippen molar-refractivity contribution >= 4 is 15.7 Å². The Morgan fingerprint density at radius 2 is 2.26 bits per heavy atom. The van der Waals surface area contributed by atoms with Gasteiger partial charge in [-0.1, -0.05) is 5.16 Å². The standard InChI is InChI=1S/C18H24N4O4S/c1-27(24,25)13-14-5-4-10-22(12-14)17(23)8-2-7-16-20-18(21-26-16)15-6-3-9-19-11-15/h3,6,9,11,14H,2,4-5,7-8,10,12-13H2,1H3. The van der Waals surface area contributed by atoms with Crippen molar-refractivity contribution in [3.05, 3.63) is 30.4 Å². The number of nitrogens with zero attached hydrogens (tertiary/aromatic N) is 4. The highest BCUT2D eigenvalue weighted by atomic mass is 32.2. The molecule has 27 heavy (non-hydrogen) atoms. The highest BCUT2D eigenvalue weighted by Crippen LogP contribution is 2.20. The molecule has 0 saturated carbocycles. The molecular formula is C18H24N4O4S. The fourth-order valence-corrected chi connectivity index (χ4v) is 4.50. The summed E-state index contributed by atoms with van der Waals surface area (Å²) in [5.41, 5.74) is 0.786. The summed E-state index contributed by atoms with van der Waals surface area (Å²) in [6, 6.07) is 3.66. The minimum Gasteiger partial charge on any atom is -0.342 e. The van der Waals surface area contributed by atoms with Crippen molar-refractivity contribution in [2.75, 3.05) is 25.1 Å². The van der Waals surface area contributed by atoms with E-state index in [0.29, 0.717) is 44.1 Å². The van der Waals surface area contributed by atoms with Gasteiger partial charge in [0, 0.05) is 50.1 Å². The van der Waals surface area contributed by atoms with Crippen LogP contribution in [0.15, 0.2) is 29.0 Å². The van der Waals surface area contributed by atoms with Crippen LogP contribution in [0.5, 0.6) is 0 Å². The molecule has 9 heteroatoms. The molecule has 0 aromatic carbocycles. The monoisotopic (exact) mass is 392 g/mol. The van der Waals surface area contributed by atoms with Gasteiger partial charge in [0.15, 0.2) is 0 Å². The predicted octanol–water partition coefficient (Wildman–Crippen LogP) is 1.74. The number of hydrogen-bond donors (Lipinski definition) is 0. The molecule has 0 N–H and O–H groups in total. The van der Waals surface area contributed by atoms with E-state index in [9.17, 15) is 13.2 Å². The number of piperidine rings is 1. The molecule has 2 aromatic heterocycles. The molecule has 3 rings (SSSR count). The Morgan fingerprint density at radius 3 is 3.00 bits per heavy atom. The summed E-state index contributed by atoms with van der Waals surface area (Å²) in [4.78, 5) is 22.6. The van der Waals surface area contributed by atoms with Crippen molar-refractivity contribution in [1.29, 1.82) is 0 Å². The number of carbonyl (C=O) groups is 1. The zero-order valence-corrected chi connectivity index (χ0v) is 16.2. The van der Waals surface area contributed by atoms with E-state index < -0.39 is 9.84 Å². The molecule has 1 atom stereocenters. The number of sulfone groups is 1. The zero-order valence-electron chi connectivity index (χ0n) is 15.4. The summed E-state index contributed by atoms with van der Waals surface area (Å²) in [7, 11) is -3.02. The second kappa shape index (κ2) is 8.60. The third-order valence-corrected chi connectivity index (χ3v) is 5.66. The topological polar surface area (TPSA) is 106 Å². The van der Waals surface area contributed by atoms with Crippen LogP contribution in [0.1, 0.15) is 31.6 Å². The Morgan fingerprint density at radius 1 is 1.41 bits per heavy atom. The van der Waals surface area contributed by atoms with Gasteiger partial charge < -0.3 is 9.42 Å². The highest BCUT2D eigenvalue weighted by molar-refractivity contribution is 7.90. The van der Waals surface area contributed by atoms with Gasteiger partial charge in [-0.2, -0.15) is 4.98 Å². The molecule has 3 heterocycles. The number of aromatic nitrogens is 3. The lowest BCUT2D eigenvalue weighted by Gasteiger charge is -2.32. The Labute approximate surface area is 158 Å². The number of amides is 1. The summed E-state index contributed by atoms with van der Waals surface area (Å²) in [6.45, 7) is 1.22. The lowest BCUT2D eigenvalue weighted by molar-refractivity contribution is -0.132. The Bertz CT molecular complexity index is 866. The number of hydrogen-bond acceptors (Lipinski definition) is 7. The lowest BCUT2D eigenvalue weighted by Crippen LogP contribution is -2.41. The van der Waals surface area contributed by atoms with Crippen LogP contribution in [-0.2, 0) is 21.1 Å². The van der Waals surface area contributed by atoms with Gasteiger partial charge in [-0.15, -0.1) is 0 Å². The molecule has 1 amide bonds. The van der Waals surface area contributed by atoms with Crippen LogP contribution in [0.4, 0.5) is 0 Å². The quantitative estimate of drug-likeness (QED) is 0.706.